The van der Waals surface area contributed by atoms with Crippen LogP contribution in [0.2, 0.25) is 0 Å². The quantitative estimate of drug-likeness (QED) is 0.749. The fraction of sp³-hybridized carbons (Fsp3) is 0.0769. The van der Waals surface area contributed by atoms with Crippen molar-refractivity contribution in [3.8, 4) is 5.69 Å². The van der Waals surface area contributed by atoms with Gasteiger partial charge in [-0.1, -0.05) is 6.07 Å². The number of halogens is 3. The number of aromatic nitrogens is 4. The van der Waals surface area contributed by atoms with Gasteiger partial charge in [-0.2, -0.15) is 23.4 Å². The molecule has 2 N–H and O–H groups in total. The molecule has 118 valence electrons. The zero-order valence-corrected chi connectivity index (χ0v) is 11.1. The first-order chi connectivity index (χ1) is 10.8. The van der Waals surface area contributed by atoms with E-state index in [9.17, 15) is 22.8 Å². The highest BCUT2D eigenvalue weighted by atomic mass is 19.4. The molecule has 0 fully saturated rings. The molecule has 0 spiro atoms. The van der Waals surface area contributed by atoms with Crippen molar-refractivity contribution in [2.45, 2.75) is 6.18 Å². The monoisotopic (exact) mass is 324 g/mol. The van der Waals surface area contributed by atoms with Gasteiger partial charge in [0.25, 0.3) is 5.56 Å². The van der Waals surface area contributed by atoms with E-state index in [4.69, 9.17) is 5.11 Å². The SMILES string of the molecule is O=C(O)c1cnn(-c2cccc3c(=O)[nH]ncc23)c1C(F)(F)F. The van der Waals surface area contributed by atoms with E-state index in [0.717, 1.165) is 0 Å². The number of aromatic carboxylic acids is 1. The fourth-order valence-corrected chi connectivity index (χ4v) is 2.25. The van der Waals surface area contributed by atoms with Gasteiger partial charge in [0, 0.05) is 5.39 Å². The van der Waals surface area contributed by atoms with Crippen LogP contribution in [0.4, 0.5) is 13.2 Å². The second kappa shape index (κ2) is 4.93. The van der Waals surface area contributed by atoms with Crippen LogP contribution in [0.3, 0.4) is 0 Å². The molecule has 0 bridgehead atoms. The number of fused-ring (bicyclic) bond motifs is 1. The first-order valence-electron chi connectivity index (χ1n) is 6.16. The van der Waals surface area contributed by atoms with E-state index >= 15 is 0 Å². The van der Waals surface area contributed by atoms with Crippen LogP contribution in [-0.4, -0.2) is 31.1 Å². The molecule has 0 unspecified atom stereocenters. The minimum Gasteiger partial charge on any atom is -0.478 e. The third-order valence-corrected chi connectivity index (χ3v) is 3.18. The lowest BCUT2D eigenvalue weighted by atomic mass is 10.1. The average molecular weight is 324 g/mol. The van der Waals surface area contributed by atoms with Gasteiger partial charge in [0.2, 0.25) is 0 Å². The molecule has 0 aliphatic carbocycles. The van der Waals surface area contributed by atoms with Gasteiger partial charge >= 0.3 is 12.1 Å². The van der Waals surface area contributed by atoms with Crippen LogP contribution in [-0.2, 0) is 6.18 Å². The first-order valence-corrected chi connectivity index (χ1v) is 6.16. The van der Waals surface area contributed by atoms with Gasteiger partial charge < -0.3 is 5.11 Å². The van der Waals surface area contributed by atoms with E-state index in [0.29, 0.717) is 10.9 Å². The number of carboxylic acids is 1. The summed E-state index contributed by atoms with van der Waals surface area (Å²) in [7, 11) is 0. The number of alkyl halides is 3. The van der Waals surface area contributed by atoms with Gasteiger partial charge in [-0.3, -0.25) is 4.79 Å². The zero-order valence-electron chi connectivity index (χ0n) is 11.1. The van der Waals surface area contributed by atoms with Crippen LogP contribution in [0.5, 0.6) is 0 Å². The Kier molecular flexibility index (Phi) is 3.17. The Bertz CT molecular complexity index is 974. The Labute approximate surface area is 125 Å². The summed E-state index contributed by atoms with van der Waals surface area (Å²) < 4.78 is 40.2. The predicted molar refractivity (Wildman–Crippen MR) is 71.4 cm³/mol. The first kappa shape index (κ1) is 14.8. The normalized spacial score (nSPS) is 11.8. The Morgan fingerprint density at radius 3 is 2.61 bits per heavy atom. The minimum absolute atomic E-state index is 0.0964. The Balaban J connectivity index is 2.39. The number of hydrogen-bond donors (Lipinski definition) is 2. The van der Waals surface area contributed by atoms with Crippen molar-refractivity contribution < 1.29 is 23.1 Å². The molecule has 7 nitrogen and oxygen atoms in total. The highest BCUT2D eigenvalue weighted by Crippen LogP contribution is 2.34. The Morgan fingerprint density at radius 1 is 1.22 bits per heavy atom. The van der Waals surface area contributed by atoms with Gasteiger partial charge in [-0.25, -0.2) is 14.6 Å². The molecule has 0 saturated heterocycles. The zero-order chi connectivity index (χ0) is 16.8. The molecule has 10 heteroatoms. The number of nitrogens with one attached hydrogen (secondary N) is 1. The average Bonchev–Trinajstić information content (AvgIpc) is 2.92. The third kappa shape index (κ3) is 2.33. The topological polar surface area (TPSA) is 101 Å². The number of aromatic amines is 1. The van der Waals surface area contributed by atoms with Crippen LogP contribution in [0, 0.1) is 0 Å². The van der Waals surface area contributed by atoms with Crippen molar-refractivity contribution in [3.05, 3.63) is 52.2 Å². The number of carboxylic acid groups (broad SMARTS) is 1. The molecule has 0 radical (unpaired) electrons. The van der Waals surface area contributed by atoms with Crippen molar-refractivity contribution >= 4 is 16.7 Å². The molecule has 2 heterocycles. The van der Waals surface area contributed by atoms with E-state index in [2.05, 4.69) is 15.3 Å². The van der Waals surface area contributed by atoms with E-state index in [1.54, 1.807) is 0 Å². The lowest BCUT2D eigenvalue weighted by Crippen LogP contribution is -2.18. The molecule has 23 heavy (non-hydrogen) atoms. The Hall–Kier alpha value is -3.17. The van der Waals surface area contributed by atoms with Crippen LogP contribution in [0.15, 0.2) is 35.4 Å². The molecule has 0 atom stereocenters. The van der Waals surface area contributed by atoms with Crippen LogP contribution >= 0.6 is 0 Å². The van der Waals surface area contributed by atoms with E-state index in [1.807, 2.05) is 0 Å². The van der Waals surface area contributed by atoms with Crippen LogP contribution in [0.1, 0.15) is 16.1 Å². The van der Waals surface area contributed by atoms with Crippen molar-refractivity contribution in [1.82, 2.24) is 20.0 Å². The number of H-pyrrole nitrogens is 1. The van der Waals surface area contributed by atoms with Gasteiger partial charge in [-0.15, -0.1) is 0 Å². The van der Waals surface area contributed by atoms with E-state index < -0.39 is 29.0 Å². The molecule has 0 aliphatic heterocycles. The van der Waals surface area contributed by atoms with E-state index in [1.165, 1.54) is 24.4 Å². The second-order valence-electron chi connectivity index (χ2n) is 4.56. The molecule has 0 saturated carbocycles. The second-order valence-corrected chi connectivity index (χ2v) is 4.56. The molecule has 2 aromatic heterocycles. The standard InChI is InChI=1S/C13H7F3N4O3/c14-13(15,16)10-8(12(22)23)5-18-20(10)9-3-1-2-6-7(9)4-17-19-11(6)21/h1-5H,(H,19,21)(H,22,23). The highest BCUT2D eigenvalue weighted by Gasteiger charge is 2.40. The maximum Gasteiger partial charge on any atom is 0.434 e. The van der Waals surface area contributed by atoms with Crippen LogP contribution in [0.25, 0.3) is 16.5 Å². The van der Waals surface area contributed by atoms with Crippen molar-refractivity contribution in [3.63, 3.8) is 0 Å². The third-order valence-electron chi connectivity index (χ3n) is 3.18. The van der Waals surface area contributed by atoms with Crippen molar-refractivity contribution in [2.75, 3.05) is 0 Å². The smallest absolute Gasteiger partial charge is 0.434 e. The van der Waals surface area contributed by atoms with Gasteiger partial charge in [0.15, 0.2) is 5.69 Å². The molecule has 0 aliphatic rings. The van der Waals surface area contributed by atoms with Gasteiger partial charge in [-0.05, 0) is 12.1 Å². The summed E-state index contributed by atoms with van der Waals surface area (Å²) in [6.45, 7) is 0. The molecule has 3 rings (SSSR count). The molecular weight excluding hydrogens is 317 g/mol. The summed E-state index contributed by atoms with van der Waals surface area (Å²) in [5.74, 6) is -1.75. The summed E-state index contributed by atoms with van der Waals surface area (Å²) in [5, 5.41) is 18.4. The predicted octanol–water partition coefficient (Wildman–Crippen LogP) is 1.83. The molecular formula is C13H7F3N4O3. The summed E-state index contributed by atoms with van der Waals surface area (Å²) in [4.78, 5) is 22.7. The number of nitrogens with zero attached hydrogens (tertiary/aromatic N) is 3. The van der Waals surface area contributed by atoms with Gasteiger partial charge in [0.1, 0.15) is 5.56 Å². The number of rotatable bonds is 2. The van der Waals surface area contributed by atoms with E-state index in [-0.39, 0.29) is 16.5 Å². The molecule has 3 aromatic rings. The highest BCUT2D eigenvalue weighted by molar-refractivity contribution is 5.91. The van der Waals surface area contributed by atoms with Crippen molar-refractivity contribution in [1.29, 1.82) is 0 Å². The maximum absolute atomic E-state index is 13.3. The van der Waals surface area contributed by atoms with Crippen LogP contribution < -0.4 is 5.56 Å². The minimum atomic E-state index is -4.94. The number of benzene rings is 1. The maximum atomic E-state index is 13.3. The summed E-state index contributed by atoms with van der Waals surface area (Å²) >= 11 is 0. The number of carbonyl (C=O) groups is 1. The Morgan fingerprint density at radius 2 is 1.96 bits per heavy atom. The summed E-state index contributed by atoms with van der Waals surface area (Å²) in [6, 6.07) is 4.07. The largest absolute Gasteiger partial charge is 0.478 e. The van der Waals surface area contributed by atoms with Crippen molar-refractivity contribution in [2.24, 2.45) is 0 Å². The fourth-order valence-electron chi connectivity index (χ4n) is 2.25. The molecule has 1 aromatic carbocycles. The lowest BCUT2D eigenvalue weighted by Gasteiger charge is -2.13. The lowest BCUT2D eigenvalue weighted by molar-refractivity contribution is -0.143. The summed E-state index contributed by atoms with van der Waals surface area (Å²) in [5.41, 5.74) is -3.09. The number of hydrogen-bond acceptors (Lipinski definition) is 4. The molecule has 0 amide bonds. The van der Waals surface area contributed by atoms with Gasteiger partial charge in [0.05, 0.1) is 23.5 Å². The summed E-state index contributed by atoms with van der Waals surface area (Å²) in [6.07, 6.45) is -3.15.